The lowest BCUT2D eigenvalue weighted by Crippen LogP contribution is -2.23. The number of amides is 1. The van der Waals surface area contributed by atoms with Crippen LogP contribution < -0.4 is 10.6 Å². The highest BCUT2D eigenvalue weighted by atomic mass is 19.1. The van der Waals surface area contributed by atoms with Crippen molar-refractivity contribution in [2.75, 3.05) is 31.6 Å². The minimum Gasteiger partial charge on any atom is -0.392 e. The van der Waals surface area contributed by atoms with Crippen LogP contribution in [0.15, 0.2) is 48.8 Å². The van der Waals surface area contributed by atoms with E-state index in [1.807, 2.05) is 22.6 Å². The summed E-state index contributed by atoms with van der Waals surface area (Å²) in [6, 6.07) is 10.7. The van der Waals surface area contributed by atoms with Gasteiger partial charge in [-0.25, -0.2) is 14.4 Å². The lowest BCUT2D eigenvalue weighted by atomic mass is 9.96. The summed E-state index contributed by atoms with van der Waals surface area (Å²) in [7, 11) is 0. The molecule has 2 saturated heterocycles. The monoisotopic (exact) mass is 528 g/mol. The molecule has 0 aliphatic carbocycles. The molecular formula is C29H29FN6O3. The molecule has 200 valence electrons. The highest BCUT2D eigenvalue weighted by Gasteiger charge is 2.29. The minimum absolute atomic E-state index is 0.153. The van der Waals surface area contributed by atoms with Crippen molar-refractivity contribution in [1.29, 1.82) is 0 Å². The first-order valence-electron chi connectivity index (χ1n) is 13.4. The molecule has 2 fully saturated rings. The maximum absolute atomic E-state index is 13.7. The van der Waals surface area contributed by atoms with Gasteiger partial charge in [-0.05, 0) is 42.2 Å². The molecule has 0 saturated carbocycles. The molecule has 4 aromatic rings. The molecule has 9 nitrogen and oxygen atoms in total. The lowest BCUT2D eigenvalue weighted by molar-refractivity contribution is 0.0966. The second-order valence-electron chi connectivity index (χ2n) is 10.5. The van der Waals surface area contributed by atoms with E-state index in [-0.39, 0.29) is 17.8 Å². The van der Waals surface area contributed by atoms with Gasteiger partial charge in [0.05, 0.1) is 41.5 Å². The van der Waals surface area contributed by atoms with Crippen LogP contribution in [0.2, 0.25) is 0 Å². The summed E-state index contributed by atoms with van der Waals surface area (Å²) in [5, 5.41) is 16.4. The van der Waals surface area contributed by atoms with E-state index in [0.29, 0.717) is 54.9 Å². The number of pyridine rings is 2. The largest absolute Gasteiger partial charge is 0.392 e. The summed E-state index contributed by atoms with van der Waals surface area (Å²) in [4.78, 5) is 24.6. The van der Waals surface area contributed by atoms with Crippen LogP contribution in [0.5, 0.6) is 0 Å². The van der Waals surface area contributed by atoms with Crippen LogP contribution in [0, 0.1) is 5.82 Å². The maximum atomic E-state index is 13.7. The molecule has 39 heavy (non-hydrogen) atoms. The fourth-order valence-electron chi connectivity index (χ4n) is 6.01. The Hall–Kier alpha value is -3.86. The van der Waals surface area contributed by atoms with Crippen LogP contribution in [-0.4, -0.2) is 62.7 Å². The number of hydrogen-bond acceptors (Lipinski definition) is 7. The summed E-state index contributed by atoms with van der Waals surface area (Å²) in [6.07, 6.45) is 4.80. The quantitative estimate of drug-likeness (QED) is 0.351. The normalized spacial score (nSPS) is 21.0. The molecule has 3 aromatic heterocycles. The van der Waals surface area contributed by atoms with Crippen molar-refractivity contribution in [2.24, 2.45) is 0 Å². The average molecular weight is 529 g/mol. The van der Waals surface area contributed by atoms with Crippen molar-refractivity contribution in [2.45, 2.75) is 38.0 Å². The summed E-state index contributed by atoms with van der Waals surface area (Å²) in [5.74, 6) is 0.468. The zero-order valence-electron chi connectivity index (χ0n) is 21.4. The van der Waals surface area contributed by atoms with E-state index in [1.165, 1.54) is 17.7 Å². The molecule has 3 aliphatic heterocycles. The van der Waals surface area contributed by atoms with Crippen LogP contribution >= 0.6 is 0 Å². The van der Waals surface area contributed by atoms with Crippen LogP contribution in [-0.2, 0) is 17.8 Å². The van der Waals surface area contributed by atoms with E-state index in [1.54, 1.807) is 12.4 Å². The zero-order chi connectivity index (χ0) is 26.5. The van der Waals surface area contributed by atoms with Gasteiger partial charge in [0.15, 0.2) is 0 Å². The third-order valence-electron chi connectivity index (χ3n) is 7.98. The Morgan fingerprint density at radius 2 is 2.13 bits per heavy atom. The fraction of sp³-hybridized carbons (Fsp3) is 0.345. The molecule has 0 spiro atoms. The zero-order valence-corrected chi connectivity index (χ0v) is 21.4. The first-order valence-corrected chi connectivity index (χ1v) is 13.4. The van der Waals surface area contributed by atoms with Gasteiger partial charge in [0.2, 0.25) is 0 Å². The van der Waals surface area contributed by atoms with Crippen molar-refractivity contribution < 1.29 is 19.0 Å². The number of hydrogen-bond donors (Lipinski definition) is 3. The summed E-state index contributed by atoms with van der Waals surface area (Å²) in [5.41, 5.74) is 6.43. The van der Waals surface area contributed by atoms with Gasteiger partial charge in [0, 0.05) is 56.5 Å². The Morgan fingerprint density at radius 1 is 1.21 bits per heavy atom. The van der Waals surface area contributed by atoms with Crippen LogP contribution in [0.3, 0.4) is 0 Å². The first kappa shape index (κ1) is 24.2. The molecule has 0 bridgehead atoms. The number of ether oxygens (including phenoxy) is 1. The first-order chi connectivity index (χ1) is 19.0. The van der Waals surface area contributed by atoms with Gasteiger partial charge in [-0.2, -0.15) is 0 Å². The van der Waals surface area contributed by atoms with Gasteiger partial charge in [-0.1, -0.05) is 12.1 Å². The molecule has 0 radical (unpaired) electrons. The van der Waals surface area contributed by atoms with E-state index in [9.17, 15) is 14.3 Å². The number of halogens is 1. The number of fused-ring (bicyclic) bond motifs is 2. The predicted molar refractivity (Wildman–Crippen MR) is 143 cm³/mol. The second-order valence-corrected chi connectivity index (χ2v) is 10.5. The number of aromatic nitrogens is 3. The van der Waals surface area contributed by atoms with Gasteiger partial charge in [-0.3, -0.25) is 14.1 Å². The Bertz CT molecular complexity index is 1580. The van der Waals surface area contributed by atoms with Gasteiger partial charge in [-0.15, -0.1) is 0 Å². The number of β-amino-alcohol motifs (C(OH)–C–C–N with tert-alkyl or cyclic N) is 1. The third-order valence-corrected chi connectivity index (χ3v) is 7.98. The molecule has 2 atom stereocenters. The van der Waals surface area contributed by atoms with Crippen molar-refractivity contribution >= 4 is 23.1 Å². The molecular weight excluding hydrogens is 499 g/mol. The summed E-state index contributed by atoms with van der Waals surface area (Å²) < 4.78 is 21.2. The molecule has 6 heterocycles. The number of carbonyl (C=O) groups excluding carboxylic acids is 1. The van der Waals surface area contributed by atoms with Crippen LogP contribution in [0.4, 0.5) is 15.9 Å². The summed E-state index contributed by atoms with van der Waals surface area (Å²) in [6.45, 7) is 3.97. The topological polar surface area (TPSA) is 104 Å². The number of aliphatic hydroxyl groups is 1. The number of likely N-dealkylation sites (tertiary alicyclic amines) is 1. The van der Waals surface area contributed by atoms with E-state index in [0.717, 1.165) is 48.5 Å². The Labute approximate surface area is 224 Å². The minimum atomic E-state index is -0.347. The smallest absolute Gasteiger partial charge is 0.254 e. The molecule has 7 rings (SSSR count). The molecule has 1 aromatic carbocycles. The van der Waals surface area contributed by atoms with Crippen molar-refractivity contribution in [1.82, 2.24) is 24.6 Å². The van der Waals surface area contributed by atoms with Gasteiger partial charge >= 0.3 is 0 Å². The molecule has 3 aliphatic rings. The lowest BCUT2D eigenvalue weighted by Gasteiger charge is -2.21. The Balaban J connectivity index is 1.24. The number of benzene rings is 1. The van der Waals surface area contributed by atoms with E-state index in [4.69, 9.17) is 9.72 Å². The van der Waals surface area contributed by atoms with Crippen molar-refractivity contribution in [3.8, 4) is 11.3 Å². The van der Waals surface area contributed by atoms with E-state index in [2.05, 4.69) is 26.6 Å². The SMILES string of the molecule is O=C1NCc2c(-c3cnc4cc(F)ccn34)ccc(Nc3ccc([C@@H]4CCOC4)c(CN4CCC(O)C4)n3)c21. The maximum Gasteiger partial charge on any atom is 0.254 e. The van der Waals surface area contributed by atoms with Crippen molar-refractivity contribution in [3.63, 3.8) is 0 Å². The van der Waals surface area contributed by atoms with E-state index >= 15 is 0 Å². The highest BCUT2D eigenvalue weighted by molar-refractivity contribution is 6.06. The van der Waals surface area contributed by atoms with Gasteiger partial charge < -0.3 is 20.5 Å². The number of nitrogens with zero attached hydrogens (tertiary/aromatic N) is 4. The Morgan fingerprint density at radius 3 is 2.95 bits per heavy atom. The van der Waals surface area contributed by atoms with Gasteiger partial charge in [0.1, 0.15) is 17.3 Å². The second kappa shape index (κ2) is 9.71. The number of imidazole rings is 1. The predicted octanol–water partition coefficient (Wildman–Crippen LogP) is 3.59. The van der Waals surface area contributed by atoms with Crippen molar-refractivity contribution in [3.05, 3.63) is 77.0 Å². The average Bonchev–Trinajstić information content (AvgIpc) is 3.73. The number of aliphatic hydroxyl groups excluding tert-OH is 1. The number of anilines is 2. The van der Waals surface area contributed by atoms with Crippen LogP contribution in [0.25, 0.3) is 16.9 Å². The molecule has 10 heteroatoms. The highest BCUT2D eigenvalue weighted by Crippen LogP contribution is 2.36. The Kier molecular flexibility index (Phi) is 6.03. The van der Waals surface area contributed by atoms with E-state index < -0.39 is 0 Å². The standard InChI is InChI=1S/C29H29FN6O3/c30-18-5-9-36-25(13-31-27(36)11-18)21-1-3-23(28-22(21)12-32-29(28)38)33-26-4-2-20(17-7-10-39-16-17)24(34-26)15-35-8-6-19(37)14-35/h1-5,9,11,13,17,19,37H,6-8,10,12,14-16H2,(H,32,38)(H,33,34)/t17-,19?/m1/s1. The number of nitrogens with one attached hydrogen (secondary N) is 2. The molecule has 1 amide bonds. The number of carbonyl (C=O) groups is 1. The van der Waals surface area contributed by atoms with Gasteiger partial charge in [0.25, 0.3) is 5.91 Å². The molecule has 3 N–H and O–H groups in total. The summed E-state index contributed by atoms with van der Waals surface area (Å²) >= 11 is 0. The fourth-order valence-corrected chi connectivity index (χ4v) is 6.01. The third kappa shape index (κ3) is 4.44. The number of rotatable bonds is 6. The molecule has 1 unspecified atom stereocenters. The van der Waals surface area contributed by atoms with Crippen LogP contribution in [0.1, 0.15) is 45.9 Å².